The zero-order valence-corrected chi connectivity index (χ0v) is 10.9. The van der Waals surface area contributed by atoms with Crippen LogP contribution in [0.3, 0.4) is 0 Å². The first-order chi connectivity index (χ1) is 8.36. The number of aromatic nitrogens is 1. The average Bonchev–Trinajstić information content (AvgIpc) is 2.33. The van der Waals surface area contributed by atoms with Crippen LogP contribution in [0.4, 0.5) is 0 Å². The van der Waals surface area contributed by atoms with Crippen LogP contribution in [0.2, 0.25) is 0 Å². The molecule has 1 aliphatic carbocycles. The van der Waals surface area contributed by atoms with E-state index in [0.29, 0.717) is 12.1 Å². The Morgan fingerprint density at radius 1 is 1.18 bits per heavy atom. The van der Waals surface area contributed by atoms with Gasteiger partial charge in [0.25, 0.3) is 0 Å². The summed E-state index contributed by atoms with van der Waals surface area (Å²) in [5, 5.41) is 3.76. The van der Waals surface area contributed by atoms with Crippen LogP contribution in [0.1, 0.15) is 63.5 Å². The molecule has 1 saturated carbocycles. The van der Waals surface area contributed by atoms with Crippen LogP contribution in [0.5, 0.6) is 0 Å². The maximum absolute atomic E-state index is 4.19. The van der Waals surface area contributed by atoms with Gasteiger partial charge in [0.15, 0.2) is 0 Å². The zero-order valence-electron chi connectivity index (χ0n) is 10.9. The average molecular weight is 232 g/mol. The lowest BCUT2D eigenvalue weighted by Gasteiger charge is -2.25. The Morgan fingerprint density at radius 3 is 2.53 bits per heavy atom. The predicted octanol–water partition coefficient (Wildman–Crippen LogP) is 3.85. The SMILES string of the molecule is CC(NC1CCCCCCC1)c1cccnc1. The molecule has 1 N–H and O–H groups in total. The van der Waals surface area contributed by atoms with E-state index in [4.69, 9.17) is 0 Å². The zero-order chi connectivity index (χ0) is 11.9. The molecule has 1 aromatic heterocycles. The number of rotatable bonds is 3. The number of pyridine rings is 1. The van der Waals surface area contributed by atoms with Gasteiger partial charge in [0.2, 0.25) is 0 Å². The smallest absolute Gasteiger partial charge is 0.0315 e. The molecule has 2 nitrogen and oxygen atoms in total. The number of nitrogens with zero attached hydrogens (tertiary/aromatic N) is 1. The van der Waals surface area contributed by atoms with Gasteiger partial charge in [-0.1, -0.05) is 38.2 Å². The highest BCUT2D eigenvalue weighted by Crippen LogP contribution is 2.20. The van der Waals surface area contributed by atoms with E-state index < -0.39 is 0 Å². The fraction of sp³-hybridized carbons (Fsp3) is 0.667. The highest BCUT2D eigenvalue weighted by Gasteiger charge is 2.14. The molecule has 0 radical (unpaired) electrons. The minimum Gasteiger partial charge on any atom is -0.307 e. The first-order valence-corrected chi connectivity index (χ1v) is 7.02. The molecular formula is C15H24N2. The Bertz CT molecular complexity index is 302. The molecule has 1 aromatic rings. The van der Waals surface area contributed by atoms with Crippen LogP contribution < -0.4 is 5.32 Å². The van der Waals surface area contributed by atoms with Gasteiger partial charge in [-0.15, -0.1) is 0 Å². The monoisotopic (exact) mass is 232 g/mol. The van der Waals surface area contributed by atoms with Crippen molar-refractivity contribution in [3.05, 3.63) is 30.1 Å². The molecule has 2 rings (SSSR count). The summed E-state index contributed by atoms with van der Waals surface area (Å²) in [7, 11) is 0. The van der Waals surface area contributed by atoms with Gasteiger partial charge >= 0.3 is 0 Å². The summed E-state index contributed by atoms with van der Waals surface area (Å²) in [4.78, 5) is 4.19. The van der Waals surface area contributed by atoms with Gasteiger partial charge in [0.05, 0.1) is 0 Å². The van der Waals surface area contributed by atoms with Gasteiger partial charge in [0.1, 0.15) is 0 Å². The van der Waals surface area contributed by atoms with E-state index in [1.165, 1.54) is 50.5 Å². The third kappa shape index (κ3) is 4.12. The second kappa shape index (κ2) is 6.75. The van der Waals surface area contributed by atoms with Crippen LogP contribution in [-0.2, 0) is 0 Å². The molecule has 2 heteroatoms. The lowest BCUT2D eigenvalue weighted by Crippen LogP contribution is -2.32. The Morgan fingerprint density at radius 2 is 1.88 bits per heavy atom. The van der Waals surface area contributed by atoms with Crippen molar-refractivity contribution in [3.63, 3.8) is 0 Å². The molecule has 0 amide bonds. The number of nitrogens with one attached hydrogen (secondary N) is 1. The molecule has 0 bridgehead atoms. The van der Waals surface area contributed by atoms with Crippen molar-refractivity contribution in [2.24, 2.45) is 0 Å². The van der Waals surface area contributed by atoms with Gasteiger partial charge in [-0.3, -0.25) is 4.98 Å². The van der Waals surface area contributed by atoms with Crippen molar-refractivity contribution in [1.29, 1.82) is 0 Å². The van der Waals surface area contributed by atoms with E-state index >= 15 is 0 Å². The highest BCUT2D eigenvalue weighted by atomic mass is 14.9. The van der Waals surface area contributed by atoms with E-state index in [1.54, 1.807) is 0 Å². The summed E-state index contributed by atoms with van der Waals surface area (Å²) in [6.07, 6.45) is 13.5. The Balaban J connectivity index is 1.86. The van der Waals surface area contributed by atoms with Gasteiger partial charge in [-0.05, 0) is 31.4 Å². The van der Waals surface area contributed by atoms with Gasteiger partial charge < -0.3 is 5.32 Å². The third-order valence-electron chi connectivity index (χ3n) is 3.78. The summed E-state index contributed by atoms with van der Waals surface area (Å²) in [5.41, 5.74) is 1.30. The molecule has 1 fully saturated rings. The van der Waals surface area contributed by atoms with E-state index in [1.807, 2.05) is 18.5 Å². The lowest BCUT2D eigenvalue weighted by molar-refractivity contribution is 0.362. The molecule has 1 heterocycles. The minimum atomic E-state index is 0.424. The molecule has 1 unspecified atom stereocenters. The van der Waals surface area contributed by atoms with Crippen molar-refractivity contribution in [2.45, 2.75) is 64.0 Å². The van der Waals surface area contributed by atoms with Crippen molar-refractivity contribution >= 4 is 0 Å². The molecule has 0 aromatic carbocycles. The quantitative estimate of drug-likeness (QED) is 0.856. The summed E-state index contributed by atoms with van der Waals surface area (Å²) in [6, 6.07) is 5.30. The summed E-state index contributed by atoms with van der Waals surface area (Å²) < 4.78 is 0. The molecule has 0 aliphatic heterocycles. The van der Waals surface area contributed by atoms with Crippen molar-refractivity contribution in [2.75, 3.05) is 0 Å². The lowest BCUT2D eigenvalue weighted by atomic mass is 9.95. The summed E-state index contributed by atoms with van der Waals surface area (Å²) in [6.45, 7) is 2.25. The molecule has 1 atom stereocenters. The van der Waals surface area contributed by atoms with Crippen molar-refractivity contribution in [3.8, 4) is 0 Å². The fourth-order valence-electron chi connectivity index (χ4n) is 2.70. The van der Waals surface area contributed by atoms with Crippen LogP contribution in [0.25, 0.3) is 0 Å². The van der Waals surface area contributed by atoms with Gasteiger partial charge in [-0.25, -0.2) is 0 Å². The maximum Gasteiger partial charge on any atom is 0.0315 e. The van der Waals surface area contributed by atoms with Gasteiger partial charge in [0, 0.05) is 24.5 Å². The van der Waals surface area contributed by atoms with Crippen molar-refractivity contribution in [1.82, 2.24) is 10.3 Å². The second-order valence-corrected chi connectivity index (χ2v) is 5.22. The van der Waals surface area contributed by atoms with Crippen LogP contribution >= 0.6 is 0 Å². The van der Waals surface area contributed by atoms with E-state index in [2.05, 4.69) is 23.3 Å². The molecule has 94 valence electrons. The van der Waals surface area contributed by atoms with Gasteiger partial charge in [-0.2, -0.15) is 0 Å². The van der Waals surface area contributed by atoms with E-state index in [0.717, 1.165) is 0 Å². The topological polar surface area (TPSA) is 24.9 Å². The van der Waals surface area contributed by atoms with Crippen molar-refractivity contribution < 1.29 is 0 Å². The largest absolute Gasteiger partial charge is 0.307 e. The summed E-state index contributed by atoms with van der Waals surface area (Å²) >= 11 is 0. The predicted molar refractivity (Wildman–Crippen MR) is 71.9 cm³/mol. The van der Waals surface area contributed by atoms with Crippen LogP contribution in [0, 0.1) is 0 Å². The van der Waals surface area contributed by atoms with Crippen LogP contribution in [0.15, 0.2) is 24.5 Å². The number of hydrogen-bond acceptors (Lipinski definition) is 2. The molecule has 0 saturated heterocycles. The normalized spacial score (nSPS) is 20.5. The molecule has 17 heavy (non-hydrogen) atoms. The fourth-order valence-corrected chi connectivity index (χ4v) is 2.70. The first kappa shape index (κ1) is 12.6. The highest BCUT2D eigenvalue weighted by molar-refractivity contribution is 5.12. The van der Waals surface area contributed by atoms with Crippen LogP contribution in [-0.4, -0.2) is 11.0 Å². The first-order valence-electron chi connectivity index (χ1n) is 7.02. The maximum atomic E-state index is 4.19. The Kier molecular flexibility index (Phi) is 4.99. The van der Waals surface area contributed by atoms with E-state index in [9.17, 15) is 0 Å². The summed E-state index contributed by atoms with van der Waals surface area (Å²) in [5.74, 6) is 0. The second-order valence-electron chi connectivity index (χ2n) is 5.22. The van der Waals surface area contributed by atoms with E-state index in [-0.39, 0.29) is 0 Å². The minimum absolute atomic E-state index is 0.424. The Hall–Kier alpha value is -0.890. The molecular weight excluding hydrogens is 208 g/mol. The third-order valence-corrected chi connectivity index (χ3v) is 3.78. The standard InChI is InChI=1S/C15H24N2/c1-13(14-8-7-11-16-12-14)17-15-9-5-3-2-4-6-10-15/h7-8,11-13,15,17H,2-6,9-10H2,1H3. The molecule has 0 spiro atoms. The Labute approximate surface area is 105 Å². The number of hydrogen-bond donors (Lipinski definition) is 1. The molecule has 1 aliphatic rings.